The van der Waals surface area contributed by atoms with Crippen LogP contribution in [0.4, 0.5) is 4.39 Å². The minimum absolute atomic E-state index is 0.261. The Balaban J connectivity index is 1.57. The average Bonchev–Trinajstić information content (AvgIpc) is 3.04. The van der Waals surface area contributed by atoms with Gasteiger partial charge in [0.1, 0.15) is 0 Å². The number of rotatable bonds is 7. The fourth-order valence-corrected chi connectivity index (χ4v) is 5.89. The summed E-state index contributed by atoms with van der Waals surface area (Å²) < 4.78 is 12.4. The second-order valence-corrected chi connectivity index (χ2v) is 10.4. The van der Waals surface area contributed by atoms with Crippen molar-refractivity contribution in [3.8, 4) is 0 Å². The van der Waals surface area contributed by atoms with Crippen LogP contribution in [0.5, 0.6) is 0 Å². The number of hydrogen-bond donors (Lipinski definition) is 1. The zero-order valence-corrected chi connectivity index (χ0v) is 21.8. The Hall–Kier alpha value is -3.21. The maximum Gasteiger partial charge on any atom is 0.335 e. The number of carboxylic acids is 1. The molecule has 3 aromatic carbocycles. The number of aromatic carboxylic acids is 1. The molecule has 190 valence electrons. The van der Waals surface area contributed by atoms with Gasteiger partial charge >= 0.3 is 5.97 Å². The van der Waals surface area contributed by atoms with Crippen LogP contribution in [0, 0.1) is 6.92 Å². The highest BCUT2D eigenvalue weighted by Gasteiger charge is 2.24. The molecule has 2 aliphatic rings. The van der Waals surface area contributed by atoms with Crippen molar-refractivity contribution >= 4 is 34.8 Å². The average molecular weight is 516 g/mol. The van der Waals surface area contributed by atoms with E-state index >= 15 is 0 Å². The van der Waals surface area contributed by atoms with Crippen LogP contribution in [0.3, 0.4) is 0 Å². The number of nitrogens with zero attached hydrogens (tertiary/aromatic N) is 1. The maximum absolute atomic E-state index is 12.4. The molecule has 1 N–H and O–H groups in total. The summed E-state index contributed by atoms with van der Waals surface area (Å²) in [6.07, 6.45) is 5.42. The molecule has 3 aromatic rings. The molecule has 0 unspecified atom stereocenters. The second-order valence-electron chi connectivity index (χ2n) is 9.99. The molecular formula is C32H31ClFNO2. The number of benzene rings is 3. The van der Waals surface area contributed by atoms with Crippen LogP contribution >= 0.6 is 11.6 Å². The van der Waals surface area contributed by atoms with E-state index in [1.807, 2.05) is 24.3 Å². The standard InChI is InChI=1S/C32H31ClFNO2/c1-21-5-2-8-29(33)30(21)28-7-3-6-25-18-26(32(36)37)13-14-27(25)31(28)24-11-9-22(10-12-24)17-23-19-35(20-23)16-4-15-34/h2,5,8-14,17-18H,3-4,6-7,15-16,19-20H2,1H3,(H,36,37). The molecule has 1 fully saturated rings. The molecule has 0 atom stereocenters. The van der Waals surface area contributed by atoms with Crippen molar-refractivity contribution in [1.82, 2.24) is 4.90 Å². The number of halogens is 2. The Bertz CT molecular complexity index is 1360. The summed E-state index contributed by atoms with van der Waals surface area (Å²) in [7, 11) is 0. The third-order valence-electron chi connectivity index (χ3n) is 7.35. The van der Waals surface area contributed by atoms with Crippen molar-refractivity contribution in [1.29, 1.82) is 0 Å². The maximum atomic E-state index is 12.4. The number of fused-ring (bicyclic) bond motifs is 1. The van der Waals surface area contributed by atoms with Crippen LogP contribution in [-0.2, 0) is 6.42 Å². The van der Waals surface area contributed by atoms with Crippen LogP contribution in [0.15, 0.2) is 66.2 Å². The summed E-state index contributed by atoms with van der Waals surface area (Å²) >= 11 is 6.77. The van der Waals surface area contributed by atoms with E-state index in [1.54, 1.807) is 6.07 Å². The Morgan fingerprint density at radius 3 is 2.57 bits per heavy atom. The number of carboxylic acid groups (broad SMARTS) is 1. The van der Waals surface area contributed by atoms with Gasteiger partial charge in [-0.2, -0.15) is 0 Å². The summed E-state index contributed by atoms with van der Waals surface area (Å²) in [5.74, 6) is -0.906. The van der Waals surface area contributed by atoms with E-state index in [-0.39, 0.29) is 6.67 Å². The third-order valence-corrected chi connectivity index (χ3v) is 7.67. The van der Waals surface area contributed by atoms with E-state index in [2.05, 4.69) is 48.2 Å². The molecule has 0 spiro atoms. The number of likely N-dealkylation sites (tertiary alicyclic amines) is 1. The monoisotopic (exact) mass is 515 g/mol. The Kier molecular flexibility index (Phi) is 7.59. The van der Waals surface area contributed by atoms with Gasteiger partial charge in [0, 0.05) is 24.7 Å². The molecule has 1 aliphatic carbocycles. The van der Waals surface area contributed by atoms with Crippen molar-refractivity contribution in [3.63, 3.8) is 0 Å². The lowest BCUT2D eigenvalue weighted by atomic mass is 9.85. The Morgan fingerprint density at radius 1 is 1.08 bits per heavy atom. The first-order valence-corrected chi connectivity index (χ1v) is 13.3. The van der Waals surface area contributed by atoms with E-state index in [0.29, 0.717) is 12.0 Å². The van der Waals surface area contributed by atoms with Gasteiger partial charge < -0.3 is 5.11 Å². The van der Waals surface area contributed by atoms with Crippen molar-refractivity contribution in [2.45, 2.75) is 32.6 Å². The minimum atomic E-state index is -0.906. The van der Waals surface area contributed by atoms with E-state index < -0.39 is 5.97 Å². The van der Waals surface area contributed by atoms with Crippen molar-refractivity contribution in [2.75, 3.05) is 26.3 Å². The zero-order chi connectivity index (χ0) is 25.9. The van der Waals surface area contributed by atoms with Gasteiger partial charge in [0.2, 0.25) is 0 Å². The summed E-state index contributed by atoms with van der Waals surface area (Å²) in [6, 6.07) is 20.1. The first kappa shape index (κ1) is 25.4. The second kappa shape index (κ2) is 11.0. The predicted octanol–water partition coefficient (Wildman–Crippen LogP) is 7.70. The molecule has 0 amide bonds. The highest BCUT2D eigenvalue weighted by molar-refractivity contribution is 6.33. The quantitative estimate of drug-likeness (QED) is 0.350. The molecular weight excluding hydrogens is 485 g/mol. The molecule has 0 aromatic heterocycles. The molecule has 0 radical (unpaired) electrons. The number of carbonyl (C=O) groups is 1. The molecule has 5 rings (SSSR count). The van der Waals surface area contributed by atoms with Crippen LogP contribution in [0.2, 0.25) is 5.02 Å². The molecule has 1 saturated heterocycles. The largest absolute Gasteiger partial charge is 0.478 e. The van der Waals surface area contributed by atoms with Gasteiger partial charge in [-0.25, -0.2) is 4.79 Å². The fraction of sp³-hybridized carbons (Fsp3) is 0.281. The number of aryl methyl sites for hydroxylation is 2. The molecule has 0 bridgehead atoms. The van der Waals surface area contributed by atoms with Gasteiger partial charge in [-0.15, -0.1) is 0 Å². The highest BCUT2D eigenvalue weighted by Crippen LogP contribution is 2.43. The summed E-state index contributed by atoms with van der Waals surface area (Å²) in [5.41, 5.74) is 10.6. The van der Waals surface area contributed by atoms with E-state index in [0.717, 1.165) is 82.9 Å². The Labute approximate surface area is 222 Å². The van der Waals surface area contributed by atoms with E-state index in [4.69, 9.17) is 11.6 Å². The van der Waals surface area contributed by atoms with Gasteiger partial charge in [-0.3, -0.25) is 9.29 Å². The zero-order valence-electron chi connectivity index (χ0n) is 21.1. The lowest BCUT2D eigenvalue weighted by molar-refractivity contribution is 0.0696. The topological polar surface area (TPSA) is 40.5 Å². The van der Waals surface area contributed by atoms with Gasteiger partial charge in [-0.1, -0.05) is 60.1 Å². The summed E-state index contributed by atoms with van der Waals surface area (Å²) in [5, 5.41) is 10.3. The number of allylic oxidation sites excluding steroid dienone is 1. The first-order chi connectivity index (χ1) is 17.9. The molecule has 3 nitrogen and oxygen atoms in total. The highest BCUT2D eigenvalue weighted by atomic mass is 35.5. The Morgan fingerprint density at radius 2 is 1.86 bits per heavy atom. The predicted molar refractivity (Wildman–Crippen MR) is 150 cm³/mol. The van der Waals surface area contributed by atoms with Gasteiger partial charge in [-0.05, 0) is 101 Å². The number of alkyl halides is 1. The van der Waals surface area contributed by atoms with E-state index in [9.17, 15) is 14.3 Å². The van der Waals surface area contributed by atoms with Gasteiger partial charge in [0.15, 0.2) is 0 Å². The lowest BCUT2D eigenvalue weighted by Crippen LogP contribution is -2.40. The molecule has 37 heavy (non-hydrogen) atoms. The van der Waals surface area contributed by atoms with Crippen molar-refractivity contribution in [2.24, 2.45) is 0 Å². The number of hydrogen-bond acceptors (Lipinski definition) is 2. The SMILES string of the molecule is Cc1cccc(Cl)c1C1=C(c2ccc(C=C3CN(CCCF)C3)cc2)c2ccc(C(=O)O)cc2CCC1. The molecule has 1 aliphatic heterocycles. The smallest absolute Gasteiger partial charge is 0.335 e. The summed E-state index contributed by atoms with van der Waals surface area (Å²) in [6.45, 7) is 4.46. The van der Waals surface area contributed by atoms with Crippen LogP contribution in [0.1, 0.15) is 63.0 Å². The van der Waals surface area contributed by atoms with Crippen LogP contribution < -0.4 is 0 Å². The molecule has 1 heterocycles. The van der Waals surface area contributed by atoms with Gasteiger partial charge in [0.05, 0.1) is 12.2 Å². The first-order valence-electron chi connectivity index (χ1n) is 12.9. The van der Waals surface area contributed by atoms with Crippen molar-refractivity contribution < 1.29 is 14.3 Å². The van der Waals surface area contributed by atoms with Crippen LogP contribution in [-0.4, -0.2) is 42.3 Å². The molecule has 0 saturated carbocycles. The summed E-state index contributed by atoms with van der Waals surface area (Å²) in [4.78, 5) is 13.9. The minimum Gasteiger partial charge on any atom is -0.478 e. The fourth-order valence-electron chi connectivity index (χ4n) is 5.56. The lowest BCUT2D eigenvalue weighted by Gasteiger charge is -2.33. The normalized spacial score (nSPS) is 15.7. The molecule has 5 heteroatoms. The van der Waals surface area contributed by atoms with E-state index in [1.165, 1.54) is 11.1 Å². The van der Waals surface area contributed by atoms with Gasteiger partial charge in [0.25, 0.3) is 0 Å². The third kappa shape index (κ3) is 5.41. The van der Waals surface area contributed by atoms with Crippen molar-refractivity contribution in [3.05, 3.63) is 110 Å². The van der Waals surface area contributed by atoms with Crippen LogP contribution in [0.25, 0.3) is 17.2 Å².